The molecule has 2 N–H and O–H groups in total. The number of halogens is 1. The molecule has 1 aliphatic heterocycles. The average Bonchev–Trinajstić information content (AvgIpc) is 3.35. The number of H-pyrrole nitrogens is 1. The molecule has 1 saturated heterocycles. The third-order valence-corrected chi connectivity index (χ3v) is 4.75. The summed E-state index contributed by atoms with van der Waals surface area (Å²) in [5.74, 6) is 1.11. The Kier molecular flexibility index (Phi) is 4.50. The van der Waals surface area contributed by atoms with Crippen molar-refractivity contribution in [2.45, 2.75) is 12.5 Å². The van der Waals surface area contributed by atoms with E-state index in [0.29, 0.717) is 11.4 Å². The minimum absolute atomic E-state index is 0.0676. The maximum absolute atomic E-state index is 14.1. The van der Waals surface area contributed by atoms with Crippen LogP contribution >= 0.6 is 0 Å². The highest BCUT2D eigenvalue weighted by atomic mass is 19.1. The molecule has 0 amide bonds. The molecule has 1 unspecified atom stereocenters. The van der Waals surface area contributed by atoms with Crippen LogP contribution in [0.25, 0.3) is 11.1 Å². The fourth-order valence-electron chi connectivity index (χ4n) is 3.23. The number of nitrogens with one attached hydrogen (secondary N) is 2. The first-order valence-electron chi connectivity index (χ1n) is 8.67. The monoisotopic (exact) mass is 365 g/mol. The minimum atomic E-state index is -0.315. The fraction of sp³-hybridized carbons (Fsp3) is 0.200. The van der Waals surface area contributed by atoms with E-state index in [1.54, 1.807) is 25.4 Å². The summed E-state index contributed by atoms with van der Waals surface area (Å²) < 4.78 is 19.3. The molecule has 1 aromatic carbocycles. The van der Waals surface area contributed by atoms with Gasteiger partial charge in [0.1, 0.15) is 17.4 Å². The second-order valence-electron chi connectivity index (χ2n) is 6.37. The number of benzene rings is 1. The van der Waals surface area contributed by atoms with Gasteiger partial charge in [-0.3, -0.25) is 5.10 Å². The zero-order chi connectivity index (χ0) is 18.8. The van der Waals surface area contributed by atoms with Gasteiger partial charge in [-0.1, -0.05) is 6.58 Å². The molecule has 0 spiro atoms. The third-order valence-electron chi connectivity index (χ3n) is 4.75. The summed E-state index contributed by atoms with van der Waals surface area (Å²) >= 11 is 0. The van der Waals surface area contributed by atoms with Gasteiger partial charge in [0.15, 0.2) is 0 Å². The molecule has 0 aliphatic carbocycles. The van der Waals surface area contributed by atoms with E-state index in [0.717, 1.165) is 35.6 Å². The van der Waals surface area contributed by atoms with Gasteiger partial charge in [0, 0.05) is 41.8 Å². The molecule has 138 valence electrons. The Morgan fingerprint density at radius 2 is 2.15 bits per heavy atom. The number of methoxy groups -OCH3 is 1. The summed E-state index contributed by atoms with van der Waals surface area (Å²) in [6, 6.07) is 8.55. The van der Waals surface area contributed by atoms with Gasteiger partial charge in [-0.05, 0) is 30.7 Å². The standard InChI is InChI=1S/C20H20FN5O/c1-13-18(25-19-9-16(27-2)4-5-17(19)21)7-8-26(13)20-6-3-14(10-22-20)15-11-23-24-12-15/h3-6,9-12,18,25H,1,7-8H2,2H3,(H,23,24). The maximum atomic E-state index is 14.1. The summed E-state index contributed by atoms with van der Waals surface area (Å²) in [6.45, 7) is 4.95. The van der Waals surface area contributed by atoms with Gasteiger partial charge in [0.05, 0.1) is 25.0 Å². The highest BCUT2D eigenvalue weighted by Crippen LogP contribution is 2.31. The lowest BCUT2D eigenvalue weighted by molar-refractivity contribution is 0.414. The van der Waals surface area contributed by atoms with Crippen LogP contribution in [0.2, 0.25) is 0 Å². The SMILES string of the molecule is C=C1C(Nc2cc(OC)ccc2F)CCN1c1ccc(-c2cn[nH]c2)cn1. The van der Waals surface area contributed by atoms with Crippen molar-refractivity contribution >= 4 is 11.5 Å². The van der Waals surface area contributed by atoms with Crippen LogP contribution in [0.15, 0.2) is 61.2 Å². The second-order valence-corrected chi connectivity index (χ2v) is 6.37. The van der Waals surface area contributed by atoms with Gasteiger partial charge in [-0.15, -0.1) is 0 Å². The van der Waals surface area contributed by atoms with Crippen LogP contribution in [0.1, 0.15) is 6.42 Å². The summed E-state index contributed by atoms with van der Waals surface area (Å²) in [6.07, 6.45) is 6.21. The third kappa shape index (κ3) is 3.36. The van der Waals surface area contributed by atoms with E-state index in [4.69, 9.17) is 4.74 Å². The first-order chi connectivity index (χ1) is 13.2. The van der Waals surface area contributed by atoms with Gasteiger partial charge in [0.2, 0.25) is 0 Å². The highest BCUT2D eigenvalue weighted by molar-refractivity contribution is 5.63. The van der Waals surface area contributed by atoms with E-state index in [9.17, 15) is 4.39 Å². The highest BCUT2D eigenvalue weighted by Gasteiger charge is 2.28. The predicted octanol–water partition coefficient (Wildman–Crippen LogP) is 3.82. The van der Waals surface area contributed by atoms with Crippen LogP contribution in [0.4, 0.5) is 15.9 Å². The number of hydrogen-bond donors (Lipinski definition) is 2. The number of pyridine rings is 1. The zero-order valence-corrected chi connectivity index (χ0v) is 14.9. The molecule has 1 fully saturated rings. The van der Waals surface area contributed by atoms with E-state index < -0.39 is 0 Å². The molecule has 1 aliphatic rings. The molecule has 27 heavy (non-hydrogen) atoms. The molecule has 1 atom stereocenters. The van der Waals surface area contributed by atoms with Crippen molar-refractivity contribution in [3.8, 4) is 16.9 Å². The van der Waals surface area contributed by atoms with Crippen LogP contribution in [0, 0.1) is 5.82 Å². The molecule has 0 radical (unpaired) electrons. The predicted molar refractivity (Wildman–Crippen MR) is 103 cm³/mol. The first kappa shape index (κ1) is 17.1. The Morgan fingerprint density at radius 3 is 2.85 bits per heavy atom. The average molecular weight is 365 g/mol. The number of hydrogen-bond acceptors (Lipinski definition) is 5. The summed E-state index contributed by atoms with van der Waals surface area (Å²) in [7, 11) is 1.56. The van der Waals surface area contributed by atoms with Crippen molar-refractivity contribution in [1.82, 2.24) is 15.2 Å². The van der Waals surface area contributed by atoms with E-state index in [-0.39, 0.29) is 11.9 Å². The molecule has 3 heterocycles. The topological polar surface area (TPSA) is 66.1 Å². The Hall–Kier alpha value is -3.35. The summed E-state index contributed by atoms with van der Waals surface area (Å²) in [5.41, 5.74) is 3.25. The van der Waals surface area contributed by atoms with Crippen molar-refractivity contribution in [2.24, 2.45) is 0 Å². The van der Waals surface area contributed by atoms with Gasteiger partial charge in [-0.2, -0.15) is 5.10 Å². The van der Waals surface area contributed by atoms with Gasteiger partial charge < -0.3 is 15.0 Å². The van der Waals surface area contributed by atoms with E-state index >= 15 is 0 Å². The minimum Gasteiger partial charge on any atom is -0.497 e. The number of rotatable bonds is 5. The molecular weight excluding hydrogens is 345 g/mol. The van der Waals surface area contributed by atoms with E-state index in [2.05, 4.69) is 32.0 Å². The summed E-state index contributed by atoms with van der Waals surface area (Å²) in [5, 5.41) is 9.98. The Balaban J connectivity index is 1.49. The molecule has 3 aromatic rings. The molecule has 2 aromatic heterocycles. The van der Waals surface area contributed by atoms with Crippen molar-refractivity contribution in [1.29, 1.82) is 0 Å². The number of aromatic amines is 1. The lowest BCUT2D eigenvalue weighted by atomic mass is 10.1. The van der Waals surface area contributed by atoms with E-state index in [1.807, 2.05) is 24.5 Å². The van der Waals surface area contributed by atoms with Crippen molar-refractivity contribution in [2.75, 3.05) is 23.9 Å². The van der Waals surface area contributed by atoms with Crippen LogP contribution in [-0.4, -0.2) is 34.9 Å². The first-order valence-corrected chi connectivity index (χ1v) is 8.67. The Labute approximate surface area is 156 Å². The van der Waals surface area contributed by atoms with Crippen LogP contribution < -0.4 is 15.0 Å². The maximum Gasteiger partial charge on any atom is 0.146 e. The van der Waals surface area contributed by atoms with Crippen molar-refractivity contribution in [3.05, 3.63) is 67.0 Å². The molecule has 7 heteroatoms. The molecule has 4 rings (SSSR count). The summed E-state index contributed by atoms with van der Waals surface area (Å²) in [4.78, 5) is 6.61. The van der Waals surface area contributed by atoms with Gasteiger partial charge in [0.25, 0.3) is 0 Å². The molecular formula is C20H20FN5O. The Morgan fingerprint density at radius 1 is 1.26 bits per heavy atom. The number of nitrogens with zero attached hydrogens (tertiary/aromatic N) is 3. The second kappa shape index (κ2) is 7.11. The number of anilines is 2. The normalized spacial score (nSPS) is 16.6. The molecule has 0 saturated carbocycles. The van der Waals surface area contributed by atoms with Crippen LogP contribution in [0.3, 0.4) is 0 Å². The van der Waals surface area contributed by atoms with Crippen molar-refractivity contribution in [3.63, 3.8) is 0 Å². The fourth-order valence-corrected chi connectivity index (χ4v) is 3.23. The van der Waals surface area contributed by atoms with Crippen molar-refractivity contribution < 1.29 is 9.13 Å². The Bertz CT molecular complexity index is 940. The quantitative estimate of drug-likeness (QED) is 0.719. The number of aromatic nitrogens is 3. The smallest absolute Gasteiger partial charge is 0.146 e. The molecule has 0 bridgehead atoms. The van der Waals surface area contributed by atoms with Gasteiger partial charge in [-0.25, -0.2) is 9.37 Å². The van der Waals surface area contributed by atoms with Crippen LogP contribution in [-0.2, 0) is 0 Å². The largest absolute Gasteiger partial charge is 0.497 e. The van der Waals surface area contributed by atoms with Crippen LogP contribution in [0.5, 0.6) is 5.75 Å². The lowest BCUT2D eigenvalue weighted by Gasteiger charge is -2.22. The molecule has 6 nitrogen and oxygen atoms in total. The zero-order valence-electron chi connectivity index (χ0n) is 14.9. The van der Waals surface area contributed by atoms with E-state index in [1.165, 1.54) is 6.07 Å². The van der Waals surface area contributed by atoms with Gasteiger partial charge >= 0.3 is 0 Å². The number of ether oxygens (including phenoxy) is 1. The lowest BCUT2D eigenvalue weighted by Crippen LogP contribution is -2.23.